The van der Waals surface area contributed by atoms with E-state index in [4.69, 9.17) is 9.15 Å². The predicted octanol–water partition coefficient (Wildman–Crippen LogP) is 3.63. The average molecular weight is 392 g/mol. The van der Waals surface area contributed by atoms with Crippen LogP contribution in [0.1, 0.15) is 41.0 Å². The molecule has 0 saturated carbocycles. The summed E-state index contributed by atoms with van der Waals surface area (Å²) < 4.78 is 11.6. The Hall–Kier alpha value is -3.12. The molecule has 1 aliphatic rings. The SMILES string of the molecule is COC(c1ccccc1)c1nc2c(o1)CCN(C(=O)CCc1cccc(O)c1)C2. The van der Waals surface area contributed by atoms with Gasteiger partial charge in [-0.2, -0.15) is 0 Å². The van der Waals surface area contributed by atoms with Crippen LogP contribution in [0.3, 0.4) is 0 Å². The number of ether oxygens (including phenoxy) is 1. The second-order valence-corrected chi connectivity index (χ2v) is 7.18. The summed E-state index contributed by atoms with van der Waals surface area (Å²) in [7, 11) is 1.64. The zero-order valence-corrected chi connectivity index (χ0v) is 16.4. The number of aromatic nitrogens is 1. The van der Waals surface area contributed by atoms with Crippen molar-refractivity contribution in [2.24, 2.45) is 0 Å². The van der Waals surface area contributed by atoms with Crippen molar-refractivity contribution < 1.29 is 19.1 Å². The summed E-state index contributed by atoms with van der Waals surface area (Å²) in [5.74, 6) is 1.65. The van der Waals surface area contributed by atoms with E-state index in [1.54, 1.807) is 25.3 Å². The molecular weight excluding hydrogens is 368 g/mol. The van der Waals surface area contributed by atoms with Crippen LogP contribution in [0.4, 0.5) is 0 Å². The molecule has 4 rings (SSSR count). The average Bonchev–Trinajstić information content (AvgIpc) is 3.16. The maximum absolute atomic E-state index is 12.7. The third kappa shape index (κ3) is 4.32. The quantitative estimate of drug-likeness (QED) is 0.693. The molecule has 0 radical (unpaired) electrons. The highest BCUT2D eigenvalue weighted by atomic mass is 16.5. The molecule has 1 amide bonds. The van der Waals surface area contributed by atoms with Gasteiger partial charge in [-0.05, 0) is 29.7 Å². The molecule has 0 saturated heterocycles. The molecule has 0 spiro atoms. The van der Waals surface area contributed by atoms with Crippen LogP contribution in [0, 0.1) is 0 Å². The van der Waals surface area contributed by atoms with Gasteiger partial charge in [0, 0.05) is 26.5 Å². The Morgan fingerprint density at radius 3 is 2.83 bits per heavy atom. The van der Waals surface area contributed by atoms with Gasteiger partial charge in [-0.25, -0.2) is 4.98 Å². The van der Waals surface area contributed by atoms with E-state index in [1.807, 2.05) is 41.3 Å². The van der Waals surface area contributed by atoms with Crippen LogP contribution >= 0.6 is 0 Å². The van der Waals surface area contributed by atoms with E-state index in [9.17, 15) is 9.90 Å². The Balaban J connectivity index is 1.42. The highest BCUT2D eigenvalue weighted by molar-refractivity contribution is 5.76. The van der Waals surface area contributed by atoms with E-state index >= 15 is 0 Å². The molecular formula is C23H24N2O4. The topological polar surface area (TPSA) is 75.8 Å². The Kier molecular flexibility index (Phi) is 5.62. The number of aryl methyl sites for hydroxylation is 1. The zero-order valence-electron chi connectivity index (χ0n) is 16.4. The number of aromatic hydroxyl groups is 1. The number of benzene rings is 2. The fourth-order valence-electron chi connectivity index (χ4n) is 3.67. The molecule has 0 aliphatic carbocycles. The molecule has 150 valence electrons. The minimum Gasteiger partial charge on any atom is -0.508 e. The fraction of sp³-hybridized carbons (Fsp3) is 0.304. The number of hydrogen-bond donors (Lipinski definition) is 1. The molecule has 2 heterocycles. The normalized spacial score (nSPS) is 14.4. The molecule has 2 aromatic carbocycles. The first kappa shape index (κ1) is 19.2. The number of phenolic OH excluding ortho intramolecular Hbond substituents is 1. The highest BCUT2D eigenvalue weighted by Gasteiger charge is 2.28. The summed E-state index contributed by atoms with van der Waals surface area (Å²) in [6.07, 6.45) is 1.27. The molecule has 29 heavy (non-hydrogen) atoms. The van der Waals surface area contributed by atoms with Gasteiger partial charge < -0.3 is 19.2 Å². The minimum absolute atomic E-state index is 0.0786. The molecule has 6 nitrogen and oxygen atoms in total. The Labute approximate surface area is 169 Å². The summed E-state index contributed by atoms with van der Waals surface area (Å²) in [6.45, 7) is 1.06. The second-order valence-electron chi connectivity index (χ2n) is 7.18. The van der Waals surface area contributed by atoms with Crippen molar-refractivity contribution in [3.8, 4) is 5.75 Å². The molecule has 1 atom stereocenters. The first-order chi connectivity index (χ1) is 14.1. The lowest BCUT2D eigenvalue weighted by atomic mass is 10.1. The van der Waals surface area contributed by atoms with Gasteiger partial charge in [-0.3, -0.25) is 4.79 Å². The van der Waals surface area contributed by atoms with Gasteiger partial charge in [0.05, 0.1) is 6.54 Å². The van der Waals surface area contributed by atoms with Crippen LogP contribution in [0.5, 0.6) is 5.75 Å². The molecule has 0 fully saturated rings. The van der Waals surface area contributed by atoms with Crippen LogP contribution in [0.15, 0.2) is 59.0 Å². The monoisotopic (exact) mass is 392 g/mol. The maximum atomic E-state index is 12.7. The predicted molar refractivity (Wildman–Crippen MR) is 107 cm³/mol. The summed E-state index contributed by atoms with van der Waals surface area (Å²) in [4.78, 5) is 19.1. The molecule has 1 aliphatic heterocycles. The van der Waals surface area contributed by atoms with Gasteiger partial charge in [0.2, 0.25) is 11.8 Å². The van der Waals surface area contributed by atoms with Crippen molar-refractivity contribution in [3.63, 3.8) is 0 Å². The minimum atomic E-state index is -0.364. The van der Waals surface area contributed by atoms with Crippen LogP contribution in [0.25, 0.3) is 0 Å². The number of hydrogen-bond acceptors (Lipinski definition) is 5. The van der Waals surface area contributed by atoms with Gasteiger partial charge in [-0.1, -0.05) is 42.5 Å². The Bertz CT molecular complexity index is 984. The van der Waals surface area contributed by atoms with Crippen molar-refractivity contribution >= 4 is 5.91 Å². The van der Waals surface area contributed by atoms with E-state index in [2.05, 4.69) is 4.98 Å². The molecule has 1 unspecified atom stereocenters. The maximum Gasteiger partial charge on any atom is 0.228 e. The third-order valence-electron chi connectivity index (χ3n) is 5.20. The lowest BCUT2D eigenvalue weighted by molar-refractivity contribution is -0.132. The molecule has 1 aromatic heterocycles. The van der Waals surface area contributed by atoms with Crippen molar-refractivity contribution in [3.05, 3.63) is 83.1 Å². The van der Waals surface area contributed by atoms with Crippen molar-refractivity contribution in [1.29, 1.82) is 0 Å². The van der Waals surface area contributed by atoms with Gasteiger partial charge in [-0.15, -0.1) is 0 Å². The molecule has 6 heteroatoms. The van der Waals surface area contributed by atoms with E-state index in [0.717, 1.165) is 22.6 Å². The zero-order chi connectivity index (χ0) is 20.2. The standard InChI is InChI=1S/C23H24N2O4/c1-28-22(17-7-3-2-4-8-17)23-24-19-15-25(13-12-20(19)29-23)21(27)11-10-16-6-5-9-18(26)14-16/h2-9,14,22,26H,10-13,15H2,1H3. The second kappa shape index (κ2) is 8.49. The van der Waals surface area contributed by atoms with Gasteiger partial charge in [0.25, 0.3) is 0 Å². The van der Waals surface area contributed by atoms with Crippen LogP contribution in [0.2, 0.25) is 0 Å². The van der Waals surface area contributed by atoms with Gasteiger partial charge in [0.1, 0.15) is 17.2 Å². The Morgan fingerprint density at radius 1 is 1.24 bits per heavy atom. The number of phenols is 1. The number of carbonyl (C=O) groups is 1. The van der Waals surface area contributed by atoms with Crippen LogP contribution < -0.4 is 0 Å². The number of methoxy groups -OCH3 is 1. The number of fused-ring (bicyclic) bond motifs is 1. The van der Waals surface area contributed by atoms with Crippen LogP contribution in [-0.4, -0.2) is 34.6 Å². The largest absolute Gasteiger partial charge is 0.508 e. The van der Waals surface area contributed by atoms with Gasteiger partial charge in [0.15, 0.2) is 6.10 Å². The first-order valence-electron chi connectivity index (χ1n) is 9.76. The summed E-state index contributed by atoms with van der Waals surface area (Å²) in [6, 6.07) is 16.9. The summed E-state index contributed by atoms with van der Waals surface area (Å²) >= 11 is 0. The van der Waals surface area contributed by atoms with E-state index in [0.29, 0.717) is 38.2 Å². The van der Waals surface area contributed by atoms with E-state index in [1.165, 1.54) is 0 Å². The first-order valence-corrected chi connectivity index (χ1v) is 9.76. The van der Waals surface area contributed by atoms with Crippen molar-refractivity contribution in [2.45, 2.75) is 31.9 Å². The number of nitrogens with zero attached hydrogens (tertiary/aromatic N) is 2. The number of carbonyl (C=O) groups excluding carboxylic acids is 1. The summed E-state index contributed by atoms with van der Waals surface area (Å²) in [5.41, 5.74) is 2.73. The molecule has 1 N–H and O–H groups in total. The smallest absolute Gasteiger partial charge is 0.228 e. The Morgan fingerprint density at radius 2 is 2.07 bits per heavy atom. The van der Waals surface area contributed by atoms with Gasteiger partial charge >= 0.3 is 0 Å². The third-order valence-corrected chi connectivity index (χ3v) is 5.20. The summed E-state index contributed by atoms with van der Waals surface area (Å²) in [5, 5.41) is 9.56. The van der Waals surface area contributed by atoms with Crippen LogP contribution in [-0.2, 0) is 28.9 Å². The highest BCUT2D eigenvalue weighted by Crippen LogP contribution is 2.29. The van der Waals surface area contributed by atoms with E-state index < -0.39 is 0 Å². The number of rotatable bonds is 6. The van der Waals surface area contributed by atoms with E-state index in [-0.39, 0.29) is 17.8 Å². The molecule has 0 bridgehead atoms. The lowest BCUT2D eigenvalue weighted by Crippen LogP contribution is -2.35. The number of amides is 1. The fourth-order valence-corrected chi connectivity index (χ4v) is 3.67. The lowest BCUT2D eigenvalue weighted by Gasteiger charge is -2.25. The van der Waals surface area contributed by atoms with Crippen molar-refractivity contribution in [2.75, 3.05) is 13.7 Å². The molecule has 3 aromatic rings. The number of oxazole rings is 1. The van der Waals surface area contributed by atoms with Crippen molar-refractivity contribution in [1.82, 2.24) is 9.88 Å².